The van der Waals surface area contributed by atoms with E-state index >= 15 is 0 Å². The van der Waals surface area contributed by atoms with Gasteiger partial charge in [-0.05, 0) is 38.5 Å². The van der Waals surface area contributed by atoms with Crippen molar-refractivity contribution in [2.75, 3.05) is 13.1 Å². The second kappa shape index (κ2) is 9.04. The standard InChI is InChI=1S/C22H27NO6S/c1-15(2)30(26,27)20-6-4-17(5-7-20)13-21(24)23-10-8-18(9-11-23)29-19-12-16(3)28-22(25)14-19/h4-7,12,14-15,18H,8-11,13H2,1-3H3. The highest BCUT2D eigenvalue weighted by Crippen LogP contribution is 2.20. The molecule has 8 heteroatoms. The van der Waals surface area contributed by atoms with Gasteiger partial charge in [-0.3, -0.25) is 4.79 Å². The Labute approximate surface area is 176 Å². The van der Waals surface area contributed by atoms with E-state index in [1.807, 2.05) is 0 Å². The van der Waals surface area contributed by atoms with Gasteiger partial charge in [0.25, 0.3) is 0 Å². The summed E-state index contributed by atoms with van der Waals surface area (Å²) in [6, 6.07) is 9.54. The molecule has 0 spiro atoms. The van der Waals surface area contributed by atoms with Gasteiger partial charge in [0, 0.05) is 32.0 Å². The van der Waals surface area contributed by atoms with Gasteiger partial charge < -0.3 is 14.1 Å². The number of carbonyl (C=O) groups excluding carboxylic acids is 1. The number of aryl methyl sites for hydroxylation is 1. The number of amides is 1. The van der Waals surface area contributed by atoms with Crippen LogP contribution in [0.3, 0.4) is 0 Å². The van der Waals surface area contributed by atoms with Crippen LogP contribution < -0.4 is 10.4 Å². The van der Waals surface area contributed by atoms with Gasteiger partial charge in [-0.25, -0.2) is 13.2 Å². The molecular formula is C22H27NO6S. The summed E-state index contributed by atoms with van der Waals surface area (Å²) in [5.74, 6) is 0.992. The summed E-state index contributed by atoms with van der Waals surface area (Å²) in [7, 11) is -3.31. The monoisotopic (exact) mass is 433 g/mol. The van der Waals surface area contributed by atoms with E-state index in [0.29, 0.717) is 37.4 Å². The highest BCUT2D eigenvalue weighted by atomic mass is 32.2. The summed E-state index contributed by atoms with van der Waals surface area (Å²) >= 11 is 0. The van der Waals surface area contributed by atoms with Gasteiger partial charge in [0.2, 0.25) is 5.91 Å². The van der Waals surface area contributed by atoms with Crippen LogP contribution in [0.25, 0.3) is 0 Å². The summed E-state index contributed by atoms with van der Waals surface area (Å²) in [6.45, 7) is 6.13. The van der Waals surface area contributed by atoms with Crippen molar-refractivity contribution in [3.63, 3.8) is 0 Å². The maximum Gasteiger partial charge on any atom is 0.339 e. The molecule has 0 bridgehead atoms. The van der Waals surface area contributed by atoms with Crippen molar-refractivity contribution < 1.29 is 22.4 Å². The van der Waals surface area contributed by atoms with Crippen LogP contribution >= 0.6 is 0 Å². The van der Waals surface area contributed by atoms with Crippen LogP contribution in [0.1, 0.15) is 38.0 Å². The second-order valence-corrected chi connectivity index (χ2v) is 10.3. The normalized spacial score (nSPS) is 15.4. The van der Waals surface area contributed by atoms with Crippen LogP contribution in [0.5, 0.6) is 5.75 Å². The van der Waals surface area contributed by atoms with E-state index in [-0.39, 0.29) is 23.3 Å². The van der Waals surface area contributed by atoms with E-state index < -0.39 is 20.7 Å². The number of nitrogens with zero attached hydrogens (tertiary/aromatic N) is 1. The Morgan fingerprint density at radius 1 is 1.17 bits per heavy atom. The molecule has 0 aliphatic carbocycles. The third-order valence-corrected chi connectivity index (χ3v) is 7.36. The van der Waals surface area contributed by atoms with Crippen LogP contribution in [0, 0.1) is 6.92 Å². The number of rotatable bonds is 6. The number of piperidine rings is 1. The highest BCUT2D eigenvalue weighted by Gasteiger charge is 2.24. The first kappa shape index (κ1) is 22.1. The van der Waals surface area contributed by atoms with E-state index in [9.17, 15) is 18.0 Å². The molecule has 30 heavy (non-hydrogen) atoms. The minimum Gasteiger partial charge on any atom is -0.490 e. The van der Waals surface area contributed by atoms with Crippen molar-refractivity contribution in [3.8, 4) is 5.75 Å². The molecule has 0 saturated carbocycles. The molecule has 1 aliphatic rings. The fourth-order valence-electron chi connectivity index (χ4n) is 3.41. The Morgan fingerprint density at radius 2 is 1.80 bits per heavy atom. The highest BCUT2D eigenvalue weighted by molar-refractivity contribution is 7.92. The summed E-state index contributed by atoms with van der Waals surface area (Å²) in [5.41, 5.74) is 0.345. The molecular weight excluding hydrogens is 406 g/mol. The molecule has 1 aromatic heterocycles. The smallest absolute Gasteiger partial charge is 0.339 e. The van der Waals surface area contributed by atoms with Gasteiger partial charge in [0.1, 0.15) is 17.6 Å². The number of ether oxygens (including phenoxy) is 1. The first-order valence-corrected chi connectivity index (χ1v) is 11.6. The summed E-state index contributed by atoms with van der Waals surface area (Å²) in [4.78, 5) is 26.1. The maximum atomic E-state index is 12.6. The zero-order chi connectivity index (χ0) is 21.9. The fraction of sp³-hybridized carbons (Fsp3) is 0.455. The number of sulfone groups is 1. The van der Waals surface area contributed by atoms with Crippen LogP contribution in [-0.2, 0) is 21.1 Å². The van der Waals surface area contributed by atoms with Gasteiger partial charge in [-0.15, -0.1) is 0 Å². The van der Waals surface area contributed by atoms with Crippen LogP contribution in [-0.4, -0.2) is 43.7 Å². The molecule has 0 atom stereocenters. The lowest BCUT2D eigenvalue weighted by molar-refractivity contribution is -0.132. The summed E-state index contributed by atoms with van der Waals surface area (Å²) < 4.78 is 35.2. The van der Waals surface area contributed by atoms with Crippen molar-refractivity contribution >= 4 is 15.7 Å². The first-order chi connectivity index (χ1) is 14.1. The summed E-state index contributed by atoms with van der Waals surface area (Å²) in [6.07, 6.45) is 1.52. The van der Waals surface area contributed by atoms with E-state index in [0.717, 1.165) is 5.56 Å². The van der Waals surface area contributed by atoms with Crippen LogP contribution in [0.4, 0.5) is 0 Å². The predicted molar refractivity (Wildman–Crippen MR) is 112 cm³/mol. The molecule has 1 aliphatic heterocycles. The number of hydrogen-bond donors (Lipinski definition) is 0. The second-order valence-electron chi connectivity index (χ2n) is 7.84. The Kier molecular flexibility index (Phi) is 6.65. The van der Waals surface area contributed by atoms with Crippen molar-refractivity contribution in [1.82, 2.24) is 4.90 Å². The molecule has 1 fully saturated rings. The van der Waals surface area contributed by atoms with Gasteiger partial charge in [0.05, 0.1) is 22.6 Å². The first-order valence-electron chi connectivity index (χ1n) is 10.0. The van der Waals surface area contributed by atoms with Crippen molar-refractivity contribution in [1.29, 1.82) is 0 Å². The zero-order valence-electron chi connectivity index (χ0n) is 17.5. The number of benzene rings is 1. The Bertz CT molecular complexity index is 1050. The molecule has 0 unspecified atom stereocenters. The average Bonchev–Trinajstić information content (AvgIpc) is 2.68. The number of carbonyl (C=O) groups is 1. The molecule has 0 radical (unpaired) electrons. The third kappa shape index (κ3) is 5.30. The average molecular weight is 434 g/mol. The van der Waals surface area contributed by atoms with Crippen molar-refractivity contribution in [2.24, 2.45) is 0 Å². The van der Waals surface area contributed by atoms with Crippen molar-refractivity contribution in [2.45, 2.75) is 56.3 Å². The van der Waals surface area contributed by atoms with E-state index in [4.69, 9.17) is 9.15 Å². The van der Waals surface area contributed by atoms with Crippen LogP contribution in [0.2, 0.25) is 0 Å². The lowest BCUT2D eigenvalue weighted by atomic mass is 10.1. The van der Waals surface area contributed by atoms with Crippen LogP contribution in [0.15, 0.2) is 50.5 Å². The lowest BCUT2D eigenvalue weighted by Crippen LogP contribution is -2.42. The number of hydrogen-bond acceptors (Lipinski definition) is 6. The Morgan fingerprint density at radius 3 is 2.37 bits per heavy atom. The molecule has 3 rings (SSSR count). The minimum absolute atomic E-state index is 0.00381. The third-order valence-electron chi connectivity index (χ3n) is 5.19. The summed E-state index contributed by atoms with van der Waals surface area (Å²) in [5, 5.41) is -0.483. The molecule has 162 valence electrons. The van der Waals surface area contributed by atoms with E-state index in [1.165, 1.54) is 6.07 Å². The largest absolute Gasteiger partial charge is 0.490 e. The Hall–Kier alpha value is -2.61. The van der Waals surface area contributed by atoms with E-state index in [1.54, 1.807) is 56.0 Å². The molecule has 2 aromatic rings. The molecule has 0 N–H and O–H groups in total. The molecule has 1 aromatic carbocycles. The zero-order valence-corrected chi connectivity index (χ0v) is 18.3. The minimum atomic E-state index is -3.31. The molecule has 2 heterocycles. The number of likely N-dealkylation sites (tertiary alicyclic amines) is 1. The topological polar surface area (TPSA) is 93.9 Å². The molecule has 1 amide bonds. The Balaban J connectivity index is 1.53. The molecule has 7 nitrogen and oxygen atoms in total. The van der Waals surface area contributed by atoms with Gasteiger partial charge >= 0.3 is 5.63 Å². The SMILES string of the molecule is Cc1cc(OC2CCN(C(=O)Cc3ccc(S(=O)(=O)C(C)C)cc3)CC2)cc(=O)o1. The molecule has 1 saturated heterocycles. The maximum absolute atomic E-state index is 12.6. The van der Waals surface area contributed by atoms with Gasteiger partial charge in [-0.1, -0.05) is 12.1 Å². The van der Waals surface area contributed by atoms with Gasteiger partial charge in [-0.2, -0.15) is 0 Å². The quantitative estimate of drug-likeness (QED) is 0.695. The fourth-order valence-corrected chi connectivity index (χ4v) is 4.47. The lowest BCUT2D eigenvalue weighted by Gasteiger charge is -2.32. The predicted octanol–water partition coefficient (Wildman–Crippen LogP) is 2.74. The van der Waals surface area contributed by atoms with Crippen molar-refractivity contribution in [3.05, 3.63) is 58.1 Å². The van der Waals surface area contributed by atoms with E-state index in [2.05, 4.69) is 0 Å². The van der Waals surface area contributed by atoms with Gasteiger partial charge in [0.15, 0.2) is 9.84 Å².